The number of nitro groups is 1. The molecule has 1 aliphatic rings. The van der Waals surface area contributed by atoms with Crippen molar-refractivity contribution in [2.75, 3.05) is 5.32 Å². The number of aromatic nitrogens is 4. The smallest absolute Gasteiger partial charge is 0.348 e. The molecule has 1 N–H and O–H groups in total. The number of carbonyl (C=O) groups is 1. The average molecular weight is 393 g/mol. The number of nitrogens with one attached hydrogen (secondary N) is 1. The molecule has 29 heavy (non-hydrogen) atoms. The van der Waals surface area contributed by atoms with Crippen molar-refractivity contribution in [3.8, 4) is 17.2 Å². The molecule has 4 rings (SSSR count). The summed E-state index contributed by atoms with van der Waals surface area (Å²) in [5.41, 5.74) is 2.20. The van der Waals surface area contributed by atoms with Gasteiger partial charge in [0.1, 0.15) is 0 Å². The molecule has 1 unspecified atom stereocenters. The highest BCUT2D eigenvalue weighted by atomic mass is 16.6. The zero-order chi connectivity index (χ0) is 20.4. The van der Waals surface area contributed by atoms with Gasteiger partial charge in [0.2, 0.25) is 6.41 Å². The summed E-state index contributed by atoms with van der Waals surface area (Å²) in [5, 5.41) is 31.7. The van der Waals surface area contributed by atoms with E-state index in [9.17, 15) is 20.2 Å². The van der Waals surface area contributed by atoms with Gasteiger partial charge in [-0.25, -0.2) is 0 Å². The van der Waals surface area contributed by atoms with Gasteiger partial charge < -0.3 is 15.4 Å². The van der Waals surface area contributed by atoms with Crippen molar-refractivity contribution in [1.29, 1.82) is 5.26 Å². The Hall–Kier alpha value is -3.74. The molecule has 148 valence electrons. The summed E-state index contributed by atoms with van der Waals surface area (Å²) in [7, 11) is 0. The van der Waals surface area contributed by atoms with Crippen LogP contribution >= 0.6 is 0 Å². The summed E-state index contributed by atoms with van der Waals surface area (Å²) >= 11 is 0. The molecule has 0 aliphatic heterocycles. The number of fused-ring (bicyclic) bond motifs is 1. The summed E-state index contributed by atoms with van der Waals surface area (Å²) in [6.07, 6.45) is 10.2. The van der Waals surface area contributed by atoms with Gasteiger partial charge in [0.25, 0.3) is 0 Å². The summed E-state index contributed by atoms with van der Waals surface area (Å²) in [6.45, 7) is 0. The van der Waals surface area contributed by atoms with Gasteiger partial charge in [-0.1, -0.05) is 22.5 Å². The van der Waals surface area contributed by atoms with Crippen LogP contribution in [0.2, 0.25) is 0 Å². The van der Waals surface area contributed by atoms with Crippen LogP contribution < -0.4 is 5.32 Å². The molecule has 0 bridgehead atoms. The van der Waals surface area contributed by atoms with Crippen LogP contribution in [-0.2, 0) is 4.79 Å². The fourth-order valence-corrected chi connectivity index (χ4v) is 4.22. The van der Waals surface area contributed by atoms with Gasteiger partial charge >= 0.3 is 5.82 Å². The molecule has 0 radical (unpaired) electrons. The number of rotatable bonds is 7. The van der Waals surface area contributed by atoms with E-state index in [1.54, 1.807) is 12.3 Å². The zero-order valence-corrected chi connectivity index (χ0v) is 15.6. The molecule has 0 aromatic carbocycles. The van der Waals surface area contributed by atoms with Crippen LogP contribution in [0, 0.1) is 27.4 Å². The van der Waals surface area contributed by atoms with Crippen molar-refractivity contribution in [3.63, 3.8) is 0 Å². The summed E-state index contributed by atoms with van der Waals surface area (Å²) < 4.78 is 3.04. The van der Waals surface area contributed by atoms with Crippen LogP contribution in [0.3, 0.4) is 0 Å². The predicted molar refractivity (Wildman–Crippen MR) is 104 cm³/mol. The standard InChI is InChI=1S/C19H19N7O3/c20-8-7-16(13-3-1-2-4-13)24-11-14(9-22-24)19-15(21-12-27)10-23-25-17(19)5-6-18(25)26(28)29/h5-6,9-13,16H,1-4,7H2,(H,21,27). The molecule has 0 spiro atoms. The largest absolute Gasteiger partial charge is 0.358 e. The molecule has 3 aromatic heterocycles. The highest BCUT2D eigenvalue weighted by Crippen LogP contribution is 2.38. The minimum Gasteiger partial charge on any atom is -0.358 e. The Morgan fingerprint density at radius 1 is 1.34 bits per heavy atom. The molecule has 1 amide bonds. The first-order chi connectivity index (χ1) is 14.1. The average Bonchev–Trinajstić information content (AvgIpc) is 3.46. The minimum atomic E-state index is -0.511. The lowest BCUT2D eigenvalue weighted by atomic mass is 9.96. The molecule has 1 aliphatic carbocycles. The van der Waals surface area contributed by atoms with Crippen molar-refractivity contribution in [2.24, 2.45) is 5.92 Å². The van der Waals surface area contributed by atoms with Gasteiger partial charge in [-0.15, -0.1) is 0 Å². The van der Waals surface area contributed by atoms with Crippen molar-refractivity contribution >= 4 is 23.4 Å². The quantitative estimate of drug-likeness (QED) is 0.372. The van der Waals surface area contributed by atoms with Gasteiger partial charge in [0.05, 0.1) is 42.2 Å². The topological polar surface area (TPSA) is 131 Å². The normalized spacial score (nSPS) is 15.3. The monoisotopic (exact) mass is 393 g/mol. The third-order valence-electron chi connectivity index (χ3n) is 5.54. The Kier molecular flexibility index (Phi) is 4.95. The lowest BCUT2D eigenvalue weighted by molar-refractivity contribution is -0.390. The predicted octanol–water partition coefficient (Wildman–Crippen LogP) is 3.32. The van der Waals surface area contributed by atoms with E-state index in [1.165, 1.54) is 16.8 Å². The number of nitriles is 1. The molecular formula is C19H19N7O3. The summed E-state index contributed by atoms with van der Waals surface area (Å²) in [6, 6.07) is 5.21. The number of hydrogen-bond donors (Lipinski definition) is 1. The second-order valence-electron chi connectivity index (χ2n) is 7.12. The van der Waals surface area contributed by atoms with Gasteiger partial charge in [-0.2, -0.15) is 10.4 Å². The third-order valence-corrected chi connectivity index (χ3v) is 5.54. The number of anilines is 1. The van der Waals surface area contributed by atoms with Crippen LogP contribution in [-0.4, -0.2) is 30.7 Å². The van der Waals surface area contributed by atoms with Crippen LogP contribution in [0.15, 0.2) is 30.7 Å². The summed E-state index contributed by atoms with van der Waals surface area (Å²) in [4.78, 5) is 21.8. The van der Waals surface area contributed by atoms with Crippen molar-refractivity contribution in [2.45, 2.75) is 38.1 Å². The Morgan fingerprint density at radius 3 is 2.83 bits per heavy atom. The van der Waals surface area contributed by atoms with Crippen LogP contribution in [0.1, 0.15) is 38.1 Å². The van der Waals surface area contributed by atoms with Gasteiger partial charge in [-0.05, 0) is 29.7 Å². The van der Waals surface area contributed by atoms with Gasteiger partial charge in [0, 0.05) is 17.8 Å². The Morgan fingerprint density at radius 2 is 2.14 bits per heavy atom. The van der Waals surface area contributed by atoms with Crippen molar-refractivity contribution in [3.05, 3.63) is 40.8 Å². The van der Waals surface area contributed by atoms with E-state index >= 15 is 0 Å². The molecule has 1 fully saturated rings. The third kappa shape index (κ3) is 3.31. The van der Waals surface area contributed by atoms with Crippen LogP contribution in [0.5, 0.6) is 0 Å². The first kappa shape index (κ1) is 18.6. The van der Waals surface area contributed by atoms with Crippen LogP contribution in [0.25, 0.3) is 16.6 Å². The van der Waals surface area contributed by atoms with Crippen molar-refractivity contribution in [1.82, 2.24) is 19.4 Å². The molecule has 10 heteroatoms. The van der Waals surface area contributed by atoms with E-state index in [0.29, 0.717) is 41.1 Å². The van der Waals surface area contributed by atoms with E-state index in [2.05, 4.69) is 21.6 Å². The van der Waals surface area contributed by atoms with E-state index in [1.807, 2.05) is 10.9 Å². The first-order valence-electron chi connectivity index (χ1n) is 9.41. The number of hydrogen-bond acceptors (Lipinski definition) is 6. The molecule has 0 saturated heterocycles. The van der Waals surface area contributed by atoms with Gasteiger partial charge in [-0.3, -0.25) is 9.48 Å². The fraction of sp³-hybridized carbons (Fsp3) is 0.368. The minimum absolute atomic E-state index is 0.0160. The Balaban J connectivity index is 1.82. The zero-order valence-electron chi connectivity index (χ0n) is 15.6. The van der Waals surface area contributed by atoms with E-state index < -0.39 is 4.92 Å². The second kappa shape index (κ2) is 7.71. The SMILES string of the molecule is N#CCC(C1CCCC1)n1cc(-c2c(NC=O)cnn3c([N+](=O)[O-])ccc23)cn1. The molecule has 3 heterocycles. The maximum absolute atomic E-state index is 11.3. The first-order valence-corrected chi connectivity index (χ1v) is 9.41. The Labute approximate surface area is 165 Å². The molecule has 3 aromatic rings. The maximum Gasteiger partial charge on any atom is 0.348 e. The highest BCUT2D eigenvalue weighted by Gasteiger charge is 2.28. The van der Waals surface area contributed by atoms with Crippen LogP contribution in [0.4, 0.5) is 11.5 Å². The maximum atomic E-state index is 11.3. The summed E-state index contributed by atoms with van der Waals surface area (Å²) in [5.74, 6) is 0.237. The molecule has 1 saturated carbocycles. The molecule has 1 atom stereocenters. The van der Waals surface area contributed by atoms with Gasteiger partial charge in [0.15, 0.2) is 5.52 Å². The lowest BCUT2D eigenvalue weighted by Gasteiger charge is -2.21. The van der Waals surface area contributed by atoms with E-state index in [0.717, 1.165) is 25.7 Å². The number of carbonyl (C=O) groups excluding carboxylic acids is 1. The fourth-order valence-electron chi connectivity index (χ4n) is 4.22. The second-order valence-corrected chi connectivity index (χ2v) is 7.12. The molecular weight excluding hydrogens is 374 g/mol. The van der Waals surface area contributed by atoms with E-state index in [-0.39, 0.29) is 11.9 Å². The Bertz CT molecular complexity index is 1100. The number of nitrogens with zero attached hydrogens (tertiary/aromatic N) is 6. The molecule has 10 nitrogen and oxygen atoms in total. The van der Waals surface area contributed by atoms with Crippen molar-refractivity contribution < 1.29 is 9.72 Å². The highest BCUT2D eigenvalue weighted by molar-refractivity contribution is 5.93. The van der Waals surface area contributed by atoms with E-state index in [4.69, 9.17) is 0 Å². The lowest BCUT2D eigenvalue weighted by Crippen LogP contribution is -2.17. The number of amides is 1.